The van der Waals surface area contributed by atoms with Crippen LogP contribution >= 0.6 is 35.6 Å². The molecule has 0 spiro atoms. The number of carboxylic acid groups (broad SMARTS) is 1. The molecule has 8 fully saturated rings. The van der Waals surface area contributed by atoms with E-state index in [1.807, 2.05) is 31.2 Å². The Labute approximate surface area is 491 Å². The largest absolute Gasteiger partial charge is 0.479 e. The molecule has 0 bridgehead atoms. The molecule has 2 heterocycles. The number of aliphatic hydroxyl groups is 2. The number of halogens is 7. The standard InChI is InChI=1S/C30H35ClF2N2O5.C28H30ClF2NO5.C2H7NO.ClH/c1-27-10-9-20(36)12-23(27)24(32)13-22-21-11-18-16-35(15-17-5-7-19(31)8-6-17)40-30(18,26(38)34(3)39-4)28(21,2)14-25(37)29(22,27)33;1-25-8-7-18(33)10-21(25)22(30)11-20-19-9-16-14-32(13-15-3-5-17(29)6-4-15)37-28(16,24(35)36)26(19,2)12-23(34)27(20,25)31;1-3-4-2;/h5-10,12,18,21-22,24-25,37H,11,13-16H2,1-4H3;3-8,10,16,19-20,22-23,34H,9,11-14H2,1-2H3,(H,35,36);3H,1-2H3;1H/t18-,21-,22-,24-,25-,27-,28-,29-,30-;16-,19-,20-,22-,23-,25-,26-,27-,28-;;/m00../s1. The number of nitrogens with zero attached hydrogens (tertiary/aromatic N) is 3. The van der Waals surface area contributed by atoms with Gasteiger partial charge in [0.15, 0.2) is 34.1 Å². The SMILES string of the molecule is CNOC.CON(C)C(=O)[C@@]12ON(Cc3ccc(Cl)cc3)C[C@@H]1C[C@H]1[C@@H]3C[C@H](F)C4=CC(=O)C=C[C@]4(C)[C@@]3(F)[C@@H](O)C[C@@]12C.C[C@]12C=CC(=O)C=C1[C@@H](F)C[C@H]1[C@@H]3C[C@H]4CN(Cc5ccc(Cl)cc5)O[C@@]4(C(=O)O)[C@@]3(C)C[C@H](O)[C@@]12F.Cl. The number of amides is 1. The van der Waals surface area contributed by atoms with Gasteiger partial charge in [0.1, 0.15) is 12.3 Å². The highest BCUT2D eigenvalue weighted by Gasteiger charge is 2.82. The van der Waals surface area contributed by atoms with Gasteiger partial charge in [-0.15, -0.1) is 12.4 Å². The predicted molar refractivity (Wildman–Crippen MR) is 297 cm³/mol. The van der Waals surface area contributed by atoms with Crippen LogP contribution in [0.1, 0.15) is 77.3 Å². The number of likely N-dealkylation sites (N-methyl/N-ethyl adjacent to an activating group) is 1. The zero-order valence-corrected chi connectivity index (χ0v) is 49.4. The lowest BCUT2D eigenvalue weighted by Crippen LogP contribution is -2.71. The summed E-state index contributed by atoms with van der Waals surface area (Å²) in [6, 6.07) is 14.5. The summed E-state index contributed by atoms with van der Waals surface area (Å²) < 4.78 is 66.3. The van der Waals surface area contributed by atoms with Gasteiger partial charge in [0.05, 0.1) is 26.4 Å². The van der Waals surface area contributed by atoms with E-state index >= 15 is 17.6 Å². The molecule has 448 valence electrons. The summed E-state index contributed by atoms with van der Waals surface area (Å²) in [4.78, 5) is 73.7. The number of carbonyl (C=O) groups excluding carboxylic acids is 3. The molecule has 6 saturated carbocycles. The van der Waals surface area contributed by atoms with Crippen molar-refractivity contribution < 1.29 is 71.4 Å². The number of carbonyl (C=O) groups is 4. The molecule has 1 amide bonds. The molecule has 22 heteroatoms. The summed E-state index contributed by atoms with van der Waals surface area (Å²) in [7, 11) is 6.18. The monoisotopic (exact) mass is 1210 g/mol. The fourth-order valence-corrected chi connectivity index (χ4v) is 17.7. The molecule has 10 aliphatic rings. The van der Waals surface area contributed by atoms with Crippen LogP contribution in [0.4, 0.5) is 17.6 Å². The zero-order chi connectivity index (χ0) is 58.8. The number of aliphatic carboxylic acids is 1. The Kier molecular flexibility index (Phi) is 16.8. The minimum absolute atomic E-state index is 0. The van der Waals surface area contributed by atoms with E-state index in [-0.39, 0.29) is 60.9 Å². The number of fused-ring (bicyclic) bond motifs is 14. The Morgan fingerprint density at radius 3 is 1.45 bits per heavy atom. The molecule has 0 unspecified atom stereocenters. The molecule has 82 heavy (non-hydrogen) atoms. The lowest BCUT2D eigenvalue weighted by molar-refractivity contribution is -0.281. The number of nitrogens with one attached hydrogen (secondary N) is 1. The van der Waals surface area contributed by atoms with Gasteiger partial charge >= 0.3 is 5.97 Å². The van der Waals surface area contributed by atoms with Crippen molar-refractivity contribution in [3.8, 4) is 0 Å². The van der Waals surface area contributed by atoms with Crippen molar-refractivity contribution in [3.63, 3.8) is 0 Å². The topological polar surface area (TPSA) is 188 Å². The Morgan fingerprint density at radius 2 is 1.07 bits per heavy atom. The van der Waals surface area contributed by atoms with Gasteiger partial charge < -0.3 is 20.2 Å². The fourth-order valence-electron chi connectivity index (χ4n) is 17.5. The lowest BCUT2D eigenvalue weighted by atomic mass is 9.44. The molecule has 0 radical (unpaired) electrons. The van der Waals surface area contributed by atoms with Crippen molar-refractivity contribution in [2.75, 3.05) is 41.4 Å². The van der Waals surface area contributed by atoms with Gasteiger partial charge in [0.2, 0.25) is 0 Å². The molecule has 15 nitrogen and oxygen atoms in total. The van der Waals surface area contributed by atoms with Crippen molar-refractivity contribution in [1.29, 1.82) is 0 Å². The van der Waals surface area contributed by atoms with E-state index in [1.165, 1.54) is 44.5 Å². The van der Waals surface area contributed by atoms with Crippen LogP contribution in [0.2, 0.25) is 10.0 Å². The molecule has 18 atom stereocenters. The Balaban J connectivity index is 0.000000184. The highest BCUT2D eigenvalue weighted by molar-refractivity contribution is 6.30. The first-order valence-electron chi connectivity index (χ1n) is 27.6. The second kappa shape index (κ2) is 22.0. The molecular formula is C60H73Cl3F4N4O11. The van der Waals surface area contributed by atoms with Gasteiger partial charge in [-0.25, -0.2) is 32.9 Å². The average Bonchev–Trinajstić information content (AvgIpc) is 2.36. The Hall–Kier alpha value is -4.09. The van der Waals surface area contributed by atoms with E-state index in [0.717, 1.165) is 22.3 Å². The number of hydroxylamine groups is 7. The third-order valence-corrected chi connectivity index (χ3v) is 21.8. The number of rotatable bonds is 8. The molecule has 4 N–H and O–H groups in total. The number of ketones is 2. The highest BCUT2D eigenvalue weighted by atomic mass is 35.5. The second-order valence-electron chi connectivity index (χ2n) is 24.8. The summed E-state index contributed by atoms with van der Waals surface area (Å²) >= 11 is 12.0. The number of benzene rings is 2. The van der Waals surface area contributed by atoms with Crippen molar-refractivity contribution in [1.82, 2.24) is 20.7 Å². The molecule has 2 aliphatic heterocycles. The lowest BCUT2D eigenvalue weighted by Gasteiger charge is -2.63. The van der Waals surface area contributed by atoms with Crippen LogP contribution in [0, 0.1) is 57.2 Å². The fraction of sp³-hybridized carbons (Fsp3) is 0.600. The van der Waals surface area contributed by atoms with Crippen LogP contribution in [0.15, 0.2) is 96.1 Å². The van der Waals surface area contributed by atoms with Crippen LogP contribution in [0.5, 0.6) is 0 Å². The van der Waals surface area contributed by atoms with Gasteiger partial charge in [0.25, 0.3) is 5.91 Å². The maximum Gasteiger partial charge on any atom is 0.339 e. The maximum absolute atomic E-state index is 17.6. The van der Waals surface area contributed by atoms with Gasteiger partial charge in [-0.3, -0.25) is 28.9 Å². The summed E-state index contributed by atoms with van der Waals surface area (Å²) in [5, 5.41) is 39.4. The van der Waals surface area contributed by atoms with Crippen LogP contribution < -0.4 is 5.48 Å². The molecule has 8 aliphatic carbocycles. The number of alkyl halides is 4. The van der Waals surface area contributed by atoms with E-state index in [4.69, 9.17) is 37.7 Å². The van der Waals surface area contributed by atoms with Crippen molar-refractivity contribution in [2.45, 2.75) is 126 Å². The van der Waals surface area contributed by atoms with E-state index < -0.39 is 116 Å². The van der Waals surface area contributed by atoms with Crippen LogP contribution in [0.25, 0.3) is 0 Å². The van der Waals surface area contributed by atoms with Crippen LogP contribution in [0.3, 0.4) is 0 Å². The van der Waals surface area contributed by atoms with Crippen molar-refractivity contribution >= 4 is 59.1 Å². The quantitative estimate of drug-likeness (QED) is 0.145. The molecule has 0 aromatic heterocycles. The van der Waals surface area contributed by atoms with Gasteiger partial charge in [-0.1, -0.05) is 73.5 Å². The molecule has 2 saturated heterocycles. The summed E-state index contributed by atoms with van der Waals surface area (Å²) in [6.45, 7) is 8.20. The third kappa shape index (κ3) is 8.89. The van der Waals surface area contributed by atoms with Crippen molar-refractivity contribution in [2.24, 2.45) is 57.2 Å². The molecule has 2 aromatic rings. The number of allylic oxidation sites excluding steroid dienone is 8. The zero-order valence-electron chi connectivity index (χ0n) is 47.1. The summed E-state index contributed by atoms with van der Waals surface area (Å²) in [5.74, 6) is -5.98. The summed E-state index contributed by atoms with van der Waals surface area (Å²) in [5.41, 5.74) is -8.32. The van der Waals surface area contributed by atoms with Crippen LogP contribution in [-0.2, 0) is 51.6 Å². The average molecular weight is 1210 g/mol. The van der Waals surface area contributed by atoms with E-state index in [1.54, 1.807) is 69.3 Å². The van der Waals surface area contributed by atoms with E-state index in [0.29, 0.717) is 49.1 Å². The number of hydrogen-bond acceptors (Lipinski definition) is 13. The highest BCUT2D eigenvalue weighted by Crippen LogP contribution is 2.75. The second-order valence-corrected chi connectivity index (χ2v) is 25.7. The maximum atomic E-state index is 17.6. The normalized spacial score (nSPS) is 42.8. The van der Waals surface area contributed by atoms with E-state index in [2.05, 4.69) is 10.3 Å². The Bertz CT molecular complexity index is 2980. The van der Waals surface area contributed by atoms with E-state index in [9.17, 15) is 34.5 Å². The predicted octanol–water partition coefficient (Wildman–Crippen LogP) is 9.04. The first kappa shape index (κ1) is 62.4. The minimum Gasteiger partial charge on any atom is -0.479 e. The first-order valence-corrected chi connectivity index (χ1v) is 28.4. The minimum atomic E-state index is -2.25. The molecule has 12 rings (SSSR count). The number of carboxylic acids is 1. The smallest absolute Gasteiger partial charge is 0.339 e. The van der Waals surface area contributed by atoms with Gasteiger partial charge in [-0.2, -0.15) is 10.1 Å². The van der Waals surface area contributed by atoms with Gasteiger partial charge in [0, 0.05) is 95.7 Å². The number of aliphatic hydroxyl groups excluding tert-OH is 2. The van der Waals surface area contributed by atoms with Gasteiger partial charge in [-0.05, 0) is 135 Å². The summed E-state index contributed by atoms with van der Waals surface area (Å²) in [6.07, 6.45) is 1.61. The van der Waals surface area contributed by atoms with Crippen LogP contribution in [-0.4, -0.2) is 142 Å². The van der Waals surface area contributed by atoms with Crippen molar-refractivity contribution in [3.05, 3.63) is 117 Å². The Morgan fingerprint density at radius 1 is 0.695 bits per heavy atom. The molecule has 2 aromatic carbocycles. The first-order chi connectivity index (χ1) is 38.1. The number of hydrogen-bond donors (Lipinski definition) is 4. The third-order valence-electron chi connectivity index (χ3n) is 21.3. The molecular weight excluding hydrogens is 1140 g/mol.